The molecule has 102 valence electrons. The maximum absolute atomic E-state index is 12.2. The highest BCUT2D eigenvalue weighted by Gasteiger charge is 2.27. The van der Waals surface area contributed by atoms with Gasteiger partial charge in [-0.15, -0.1) is 0 Å². The zero-order chi connectivity index (χ0) is 13.9. The van der Waals surface area contributed by atoms with E-state index in [0.717, 1.165) is 6.42 Å². The molecule has 1 rings (SSSR count). The lowest BCUT2D eigenvalue weighted by molar-refractivity contribution is 0.0877. The van der Waals surface area contributed by atoms with Gasteiger partial charge in [-0.2, -0.15) is 5.10 Å². The fraction of sp³-hybridized carbons (Fsp3) is 0.667. The Morgan fingerprint density at radius 1 is 1.61 bits per heavy atom. The van der Waals surface area contributed by atoms with Crippen molar-refractivity contribution in [2.75, 3.05) is 12.3 Å². The highest BCUT2D eigenvalue weighted by Crippen LogP contribution is 2.19. The Kier molecular flexibility index (Phi) is 4.34. The van der Waals surface area contributed by atoms with Crippen LogP contribution in [0.3, 0.4) is 0 Å². The Morgan fingerprint density at radius 2 is 2.22 bits per heavy atom. The SMILES string of the molecule is CCC(C)(CCO)NC(=O)c1c(N)c(C)nn1C. The van der Waals surface area contributed by atoms with E-state index >= 15 is 0 Å². The summed E-state index contributed by atoms with van der Waals surface area (Å²) < 4.78 is 1.48. The van der Waals surface area contributed by atoms with E-state index in [1.54, 1.807) is 14.0 Å². The van der Waals surface area contributed by atoms with E-state index < -0.39 is 5.54 Å². The van der Waals surface area contributed by atoms with Gasteiger partial charge in [-0.3, -0.25) is 9.48 Å². The number of aryl methyl sites for hydroxylation is 2. The van der Waals surface area contributed by atoms with E-state index in [-0.39, 0.29) is 12.5 Å². The van der Waals surface area contributed by atoms with Crippen LogP contribution in [0.2, 0.25) is 0 Å². The predicted octanol–water partition coefficient (Wildman–Crippen LogP) is 0.592. The van der Waals surface area contributed by atoms with E-state index in [1.165, 1.54) is 4.68 Å². The minimum atomic E-state index is -0.434. The van der Waals surface area contributed by atoms with Gasteiger partial charge in [-0.05, 0) is 26.7 Å². The van der Waals surface area contributed by atoms with Crippen molar-refractivity contribution in [1.82, 2.24) is 15.1 Å². The number of aromatic nitrogens is 2. The molecule has 0 radical (unpaired) electrons. The molecule has 1 unspecified atom stereocenters. The first-order valence-corrected chi connectivity index (χ1v) is 6.07. The van der Waals surface area contributed by atoms with Crippen molar-refractivity contribution < 1.29 is 9.90 Å². The molecule has 0 aliphatic carbocycles. The first kappa shape index (κ1) is 14.5. The molecule has 0 spiro atoms. The van der Waals surface area contributed by atoms with Gasteiger partial charge in [0.15, 0.2) is 0 Å². The lowest BCUT2D eigenvalue weighted by Crippen LogP contribution is -2.46. The van der Waals surface area contributed by atoms with E-state index in [2.05, 4.69) is 10.4 Å². The predicted molar refractivity (Wildman–Crippen MR) is 70.2 cm³/mol. The number of hydrogen-bond donors (Lipinski definition) is 3. The van der Waals surface area contributed by atoms with Gasteiger partial charge in [0.1, 0.15) is 5.69 Å². The van der Waals surface area contributed by atoms with Gasteiger partial charge in [-0.25, -0.2) is 0 Å². The van der Waals surface area contributed by atoms with E-state index in [0.29, 0.717) is 23.5 Å². The summed E-state index contributed by atoms with van der Waals surface area (Å²) in [5.74, 6) is -0.256. The summed E-state index contributed by atoms with van der Waals surface area (Å²) >= 11 is 0. The molecule has 1 amide bonds. The van der Waals surface area contributed by atoms with Crippen LogP contribution in [0.1, 0.15) is 42.9 Å². The van der Waals surface area contributed by atoms with Crippen molar-refractivity contribution in [2.45, 2.75) is 39.2 Å². The number of rotatable bonds is 5. The van der Waals surface area contributed by atoms with E-state index in [9.17, 15) is 4.79 Å². The van der Waals surface area contributed by atoms with Gasteiger partial charge < -0.3 is 16.2 Å². The number of anilines is 1. The van der Waals surface area contributed by atoms with Crippen LogP contribution in [0.4, 0.5) is 5.69 Å². The molecule has 0 fully saturated rings. The number of aliphatic hydroxyl groups excluding tert-OH is 1. The molecule has 0 bridgehead atoms. The van der Waals surface area contributed by atoms with Gasteiger partial charge in [-0.1, -0.05) is 6.92 Å². The Bertz CT molecular complexity index is 442. The molecule has 1 atom stereocenters. The van der Waals surface area contributed by atoms with Crippen LogP contribution >= 0.6 is 0 Å². The Morgan fingerprint density at radius 3 is 2.61 bits per heavy atom. The largest absolute Gasteiger partial charge is 0.396 e. The van der Waals surface area contributed by atoms with Crippen LogP contribution < -0.4 is 11.1 Å². The van der Waals surface area contributed by atoms with Crippen LogP contribution in [0.15, 0.2) is 0 Å². The molecule has 18 heavy (non-hydrogen) atoms. The maximum atomic E-state index is 12.2. The minimum absolute atomic E-state index is 0.0323. The van der Waals surface area contributed by atoms with Crippen molar-refractivity contribution in [3.8, 4) is 0 Å². The fourth-order valence-corrected chi connectivity index (χ4v) is 1.85. The molecule has 1 heterocycles. The monoisotopic (exact) mass is 254 g/mol. The molecule has 6 heteroatoms. The molecule has 0 aliphatic heterocycles. The lowest BCUT2D eigenvalue weighted by Gasteiger charge is -2.29. The first-order valence-electron chi connectivity index (χ1n) is 6.07. The average Bonchev–Trinajstić information content (AvgIpc) is 2.53. The Balaban J connectivity index is 2.94. The maximum Gasteiger partial charge on any atom is 0.272 e. The summed E-state index contributed by atoms with van der Waals surface area (Å²) in [6.45, 7) is 5.66. The topological polar surface area (TPSA) is 93.2 Å². The Labute approximate surface area is 107 Å². The zero-order valence-corrected chi connectivity index (χ0v) is 11.4. The third-order valence-corrected chi connectivity index (χ3v) is 3.34. The summed E-state index contributed by atoms with van der Waals surface area (Å²) in [6, 6.07) is 0. The second-order valence-corrected chi connectivity index (χ2v) is 4.81. The number of nitrogens with one attached hydrogen (secondary N) is 1. The molecule has 1 aromatic rings. The number of carbonyl (C=O) groups is 1. The van der Waals surface area contributed by atoms with E-state index in [1.807, 2.05) is 13.8 Å². The van der Waals surface area contributed by atoms with Gasteiger partial charge in [0, 0.05) is 19.2 Å². The molecule has 0 saturated carbocycles. The van der Waals surface area contributed by atoms with Gasteiger partial charge >= 0.3 is 0 Å². The van der Waals surface area contributed by atoms with Crippen LogP contribution in [0.5, 0.6) is 0 Å². The second kappa shape index (κ2) is 5.39. The summed E-state index contributed by atoms with van der Waals surface area (Å²) in [7, 11) is 1.69. The van der Waals surface area contributed by atoms with Crippen molar-refractivity contribution >= 4 is 11.6 Å². The summed E-state index contributed by atoms with van der Waals surface area (Å²) in [5.41, 5.74) is 6.82. The van der Waals surface area contributed by atoms with Crippen LogP contribution in [-0.2, 0) is 7.05 Å². The highest BCUT2D eigenvalue weighted by molar-refractivity contribution is 5.98. The lowest BCUT2D eigenvalue weighted by atomic mass is 9.94. The fourth-order valence-electron chi connectivity index (χ4n) is 1.85. The highest BCUT2D eigenvalue weighted by atomic mass is 16.3. The number of amides is 1. The summed E-state index contributed by atoms with van der Waals surface area (Å²) in [5, 5.41) is 16.1. The third-order valence-electron chi connectivity index (χ3n) is 3.34. The number of nitrogen functional groups attached to an aromatic ring is 1. The number of nitrogens with zero attached hydrogens (tertiary/aromatic N) is 2. The zero-order valence-electron chi connectivity index (χ0n) is 11.4. The molecule has 1 aromatic heterocycles. The van der Waals surface area contributed by atoms with Gasteiger partial charge in [0.05, 0.1) is 11.4 Å². The number of hydrogen-bond acceptors (Lipinski definition) is 4. The number of carbonyl (C=O) groups excluding carboxylic acids is 1. The minimum Gasteiger partial charge on any atom is -0.396 e. The van der Waals surface area contributed by atoms with E-state index in [4.69, 9.17) is 10.8 Å². The second-order valence-electron chi connectivity index (χ2n) is 4.81. The normalized spacial score (nSPS) is 14.3. The summed E-state index contributed by atoms with van der Waals surface area (Å²) in [6.07, 6.45) is 1.24. The summed E-state index contributed by atoms with van der Waals surface area (Å²) in [4.78, 5) is 12.2. The van der Waals surface area contributed by atoms with Crippen molar-refractivity contribution in [2.24, 2.45) is 7.05 Å². The van der Waals surface area contributed by atoms with Gasteiger partial charge in [0.2, 0.25) is 0 Å². The number of nitrogens with two attached hydrogens (primary N) is 1. The molecule has 0 saturated heterocycles. The van der Waals surface area contributed by atoms with Gasteiger partial charge in [0.25, 0.3) is 5.91 Å². The smallest absolute Gasteiger partial charge is 0.272 e. The molecule has 4 N–H and O–H groups in total. The third kappa shape index (κ3) is 2.81. The van der Waals surface area contributed by atoms with Crippen LogP contribution in [0, 0.1) is 6.92 Å². The van der Waals surface area contributed by atoms with Crippen LogP contribution in [-0.4, -0.2) is 32.9 Å². The standard InChI is InChI=1S/C12H22N4O2/c1-5-12(3,6-7-17)14-11(18)10-9(13)8(2)15-16(10)4/h17H,5-7,13H2,1-4H3,(H,14,18). The molecule has 6 nitrogen and oxygen atoms in total. The van der Waals surface area contributed by atoms with Crippen LogP contribution in [0.25, 0.3) is 0 Å². The first-order chi connectivity index (χ1) is 8.34. The molecular formula is C12H22N4O2. The molecular weight excluding hydrogens is 232 g/mol. The van der Waals surface area contributed by atoms with Crippen molar-refractivity contribution in [3.05, 3.63) is 11.4 Å². The van der Waals surface area contributed by atoms with Crippen molar-refractivity contribution in [3.63, 3.8) is 0 Å². The quantitative estimate of drug-likeness (QED) is 0.717. The number of aliphatic hydroxyl groups is 1. The molecule has 0 aliphatic rings. The van der Waals surface area contributed by atoms with Crippen molar-refractivity contribution in [1.29, 1.82) is 0 Å². The molecule has 0 aromatic carbocycles. The average molecular weight is 254 g/mol. The Hall–Kier alpha value is -1.56.